The average Bonchev–Trinajstić information content (AvgIpc) is 2.43. The zero-order valence-electron chi connectivity index (χ0n) is 10.9. The van der Waals surface area contributed by atoms with Crippen molar-refractivity contribution in [3.8, 4) is 0 Å². The fourth-order valence-electron chi connectivity index (χ4n) is 1.90. The maximum absolute atomic E-state index is 13.6. The topological polar surface area (TPSA) is 42.0 Å². The van der Waals surface area contributed by atoms with Gasteiger partial charge >= 0.3 is 0 Å². The van der Waals surface area contributed by atoms with E-state index >= 15 is 0 Å². The molecular formula is C15H17FN2O. The molecule has 0 spiro atoms. The number of benzene rings is 1. The maximum atomic E-state index is 13.6. The van der Waals surface area contributed by atoms with Gasteiger partial charge in [-0.05, 0) is 18.6 Å². The molecule has 1 heterocycles. The smallest absolute Gasteiger partial charge is 0.269 e. The van der Waals surface area contributed by atoms with Crippen molar-refractivity contribution in [3.05, 3.63) is 41.8 Å². The van der Waals surface area contributed by atoms with Crippen molar-refractivity contribution in [1.82, 2.24) is 10.3 Å². The molecule has 1 aromatic carbocycles. The van der Waals surface area contributed by atoms with Crippen molar-refractivity contribution in [2.24, 2.45) is 0 Å². The van der Waals surface area contributed by atoms with Gasteiger partial charge in [0.1, 0.15) is 17.0 Å². The van der Waals surface area contributed by atoms with E-state index in [1.807, 2.05) is 0 Å². The van der Waals surface area contributed by atoms with Crippen LogP contribution in [0.2, 0.25) is 0 Å². The summed E-state index contributed by atoms with van der Waals surface area (Å²) in [4.78, 5) is 16.0. The molecule has 0 unspecified atom stereocenters. The van der Waals surface area contributed by atoms with E-state index in [2.05, 4.69) is 17.2 Å². The van der Waals surface area contributed by atoms with Crippen LogP contribution < -0.4 is 5.32 Å². The van der Waals surface area contributed by atoms with Gasteiger partial charge in [0, 0.05) is 11.9 Å². The van der Waals surface area contributed by atoms with Crippen LogP contribution >= 0.6 is 0 Å². The number of carbonyl (C=O) groups excluding carboxylic acids is 1. The van der Waals surface area contributed by atoms with E-state index in [1.54, 1.807) is 24.3 Å². The number of fused-ring (bicyclic) bond motifs is 1. The highest BCUT2D eigenvalue weighted by atomic mass is 19.1. The minimum Gasteiger partial charge on any atom is -0.351 e. The third kappa shape index (κ3) is 3.28. The highest BCUT2D eigenvalue weighted by Gasteiger charge is 2.09. The van der Waals surface area contributed by atoms with Crippen LogP contribution in [-0.2, 0) is 0 Å². The van der Waals surface area contributed by atoms with Crippen LogP contribution in [0.1, 0.15) is 36.7 Å². The molecule has 3 nitrogen and oxygen atoms in total. The SMILES string of the molecule is CCCCCNC(=O)c1ccc2cccc(F)c2n1. The second-order valence-electron chi connectivity index (χ2n) is 4.47. The predicted octanol–water partition coefficient (Wildman–Crippen LogP) is 3.29. The molecule has 0 aliphatic heterocycles. The monoisotopic (exact) mass is 260 g/mol. The number of pyridine rings is 1. The van der Waals surface area contributed by atoms with Crippen LogP contribution in [-0.4, -0.2) is 17.4 Å². The summed E-state index contributed by atoms with van der Waals surface area (Å²) in [6.07, 6.45) is 3.14. The van der Waals surface area contributed by atoms with E-state index < -0.39 is 5.82 Å². The molecule has 2 aromatic rings. The zero-order chi connectivity index (χ0) is 13.7. The predicted molar refractivity (Wildman–Crippen MR) is 73.6 cm³/mol. The maximum Gasteiger partial charge on any atom is 0.269 e. The van der Waals surface area contributed by atoms with Gasteiger partial charge in [0.05, 0.1) is 0 Å². The fourth-order valence-corrected chi connectivity index (χ4v) is 1.90. The fraction of sp³-hybridized carbons (Fsp3) is 0.333. The molecule has 0 radical (unpaired) electrons. The second-order valence-corrected chi connectivity index (χ2v) is 4.47. The Hall–Kier alpha value is -1.97. The Labute approximate surface area is 111 Å². The van der Waals surface area contributed by atoms with E-state index in [4.69, 9.17) is 0 Å². The molecule has 0 fully saturated rings. The first-order valence-corrected chi connectivity index (χ1v) is 6.56. The van der Waals surface area contributed by atoms with Crippen LogP contribution in [0.25, 0.3) is 10.9 Å². The molecule has 0 saturated heterocycles. The molecule has 1 aromatic heterocycles. The van der Waals surface area contributed by atoms with E-state index in [0.717, 1.165) is 19.3 Å². The van der Waals surface area contributed by atoms with Crippen LogP contribution in [0.5, 0.6) is 0 Å². The van der Waals surface area contributed by atoms with Crippen molar-refractivity contribution in [2.45, 2.75) is 26.2 Å². The number of rotatable bonds is 5. The molecule has 100 valence electrons. The van der Waals surface area contributed by atoms with Crippen molar-refractivity contribution in [2.75, 3.05) is 6.54 Å². The van der Waals surface area contributed by atoms with Crippen molar-refractivity contribution >= 4 is 16.8 Å². The molecule has 0 aliphatic carbocycles. The minimum atomic E-state index is -0.405. The van der Waals surface area contributed by atoms with Gasteiger partial charge < -0.3 is 5.32 Å². The number of halogens is 1. The summed E-state index contributed by atoms with van der Waals surface area (Å²) < 4.78 is 13.6. The highest BCUT2D eigenvalue weighted by Crippen LogP contribution is 2.15. The Morgan fingerprint density at radius 1 is 1.26 bits per heavy atom. The molecular weight excluding hydrogens is 243 g/mol. The summed E-state index contributed by atoms with van der Waals surface area (Å²) in [5, 5.41) is 3.49. The van der Waals surface area contributed by atoms with E-state index in [1.165, 1.54) is 6.07 Å². The van der Waals surface area contributed by atoms with Gasteiger partial charge in [0.25, 0.3) is 5.91 Å². The number of para-hydroxylation sites is 1. The lowest BCUT2D eigenvalue weighted by molar-refractivity contribution is 0.0948. The standard InChI is InChI=1S/C15H17FN2O/c1-2-3-4-10-17-15(19)13-9-8-11-6-5-7-12(16)14(11)18-13/h5-9H,2-4,10H2,1H3,(H,17,19). The molecule has 4 heteroatoms. The van der Waals surface area contributed by atoms with Gasteiger partial charge in [-0.15, -0.1) is 0 Å². The average molecular weight is 260 g/mol. The third-order valence-electron chi connectivity index (χ3n) is 2.97. The summed E-state index contributed by atoms with van der Waals surface area (Å²) >= 11 is 0. The Kier molecular flexibility index (Phi) is 4.44. The Morgan fingerprint density at radius 3 is 2.89 bits per heavy atom. The number of carbonyl (C=O) groups is 1. The lowest BCUT2D eigenvalue weighted by Crippen LogP contribution is -2.25. The molecule has 19 heavy (non-hydrogen) atoms. The largest absolute Gasteiger partial charge is 0.351 e. The van der Waals surface area contributed by atoms with Crippen LogP contribution in [0.15, 0.2) is 30.3 Å². The van der Waals surface area contributed by atoms with E-state index in [-0.39, 0.29) is 17.1 Å². The Morgan fingerprint density at radius 2 is 2.11 bits per heavy atom. The van der Waals surface area contributed by atoms with Crippen molar-refractivity contribution in [3.63, 3.8) is 0 Å². The summed E-state index contributed by atoms with van der Waals surface area (Å²) in [6, 6.07) is 8.08. The minimum absolute atomic E-state index is 0.240. The summed E-state index contributed by atoms with van der Waals surface area (Å²) in [5.74, 6) is -0.653. The summed E-state index contributed by atoms with van der Waals surface area (Å²) in [6.45, 7) is 2.74. The normalized spacial score (nSPS) is 10.6. The quantitative estimate of drug-likeness (QED) is 0.838. The zero-order valence-corrected chi connectivity index (χ0v) is 10.9. The third-order valence-corrected chi connectivity index (χ3v) is 2.97. The molecule has 1 N–H and O–H groups in total. The molecule has 0 aliphatic rings. The first-order valence-electron chi connectivity index (χ1n) is 6.56. The lowest BCUT2D eigenvalue weighted by atomic mass is 10.2. The molecule has 0 atom stereocenters. The van der Waals surface area contributed by atoms with Gasteiger partial charge in [-0.3, -0.25) is 4.79 Å². The lowest BCUT2D eigenvalue weighted by Gasteiger charge is -2.05. The van der Waals surface area contributed by atoms with Gasteiger partial charge in [-0.1, -0.05) is 38.0 Å². The van der Waals surface area contributed by atoms with Crippen molar-refractivity contribution < 1.29 is 9.18 Å². The number of aromatic nitrogens is 1. The van der Waals surface area contributed by atoms with Crippen LogP contribution in [0, 0.1) is 5.82 Å². The second kappa shape index (κ2) is 6.27. The number of nitrogens with one attached hydrogen (secondary N) is 1. The van der Waals surface area contributed by atoms with Gasteiger partial charge in [-0.2, -0.15) is 0 Å². The first kappa shape index (κ1) is 13.5. The Balaban J connectivity index is 2.12. The Bertz CT molecular complexity index is 583. The summed E-state index contributed by atoms with van der Waals surface area (Å²) in [5.41, 5.74) is 0.498. The number of unbranched alkanes of at least 4 members (excludes halogenated alkanes) is 2. The van der Waals surface area contributed by atoms with E-state index in [9.17, 15) is 9.18 Å². The van der Waals surface area contributed by atoms with Gasteiger partial charge in [0.15, 0.2) is 0 Å². The van der Waals surface area contributed by atoms with Crippen LogP contribution in [0.4, 0.5) is 4.39 Å². The first-order chi connectivity index (χ1) is 9.22. The highest BCUT2D eigenvalue weighted by molar-refractivity contribution is 5.94. The van der Waals surface area contributed by atoms with Crippen molar-refractivity contribution in [1.29, 1.82) is 0 Å². The number of nitrogens with zero attached hydrogens (tertiary/aromatic N) is 1. The number of hydrogen-bond donors (Lipinski definition) is 1. The molecule has 1 amide bonds. The summed E-state index contributed by atoms with van der Waals surface area (Å²) in [7, 11) is 0. The van der Waals surface area contributed by atoms with Gasteiger partial charge in [-0.25, -0.2) is 9.37 Å². The molecule has 0 saturated carbocycles. The van der Waals surface area contributed by atoms with Crippen LogP contribution in [0.3, 0.4) is 0 Å². The van der Waals surface area contributed by atoms with E-state index in [0.29, 0.717) is 11.9 Å². The number of amides is 1. The molecule has 0 bridgehead atoms. The van der Waals surface area contributed by atoms with Gasteiger partial charge in [0.2, 0.25) is 0 Å². The molecule has 2 rings (SSSR count). The number of hydrogen-bond acceptors (Lipinski definition) is 2.